The lowest BCUT2D eigenvalue weighted by molar-refractivity contribution is -0.119. The molecule has 0 aliphatic rings. The Labute approximate surface area is 127 Å². The van der Waals surface area contributed by atoms with E-state index in [2.05, 4.69) is 36.4 Å². The fraction of sp³-hybridized carbons (Fsp3) is 0.667. The van der Waals surface area contributed by atoms with Crippen molar-refractivity contribution in [1.29, 1.82) is 0 Å². The van der Waals surface area contributed by atoms with Gasteiger partial charge < -0.3 is 15.5 Å². The summed E-state index contributed by atoms with van der Waals surface area (Å²) in [4.78, 5) is 22.9. The minimum Gasteiger partial charge on any atom is -0.373 e. The highest BCUT2D eigenvalue weighted by Crippen LogP contribution is 2.28. The van der Waals surface area contributed by atoms with Crippen LogP contribution < -0.4 is 15.5 Å². The summed E-state index contributed by atoms with van der Waals surface area (Å²) in [6, 6.07) is 0. The van der Waals surface area contributed by atoms with Gasteiger partial charge in [-0.2, -0.15) is 0 Å². The van der Waals surface area contributed by atoms with E-state index in [-0.39, 0.29) is 17.9 Å². The maximum Gasteiger partial charge on any atom is 0.239 e. The number of rotatable bonds is 5. The number of hydrogen-bond acceptors (Lipinski definition) is 5. The minimum atomic E-state index is -0.152. The van der Waals surface area contributed by atoms with Crippen molar-refractivity contribution in [2.75, 3.05) is 37.4 Å². The van der Waals surface area contributed by atoms with Gasteiger partial charge in [0.15, 0.2) is 0 Å². The molecule has 1 rings (SSSR count). The normalized spacial score (nSPS) is 11.2. The van der Waals surface area contributed by atoms with Gasteiger partial charge in [-0.3, -0.25) is 4.79 Å². The van der Waals surface area contributed by atoms with Crippen LogP contribution in [0.1, 0.15) is 39.1 Å². The Kier molecular flexibility index (Phi) is 5.52. The van der Waals surface area contributed by atoms with Gasteiger partial charge in [-0.15, -0.1) is 0 Å². The molecular weight excluding hydrogens is 266 g/mol. The molecule has 1 amide bonds. The van der Waals surface area contributed by atoms with E-state index in [4.69, 9.17) is 4.98 Å². The number of carbonyl (C=O) groups excluding carboxylic acids is 1. The molecule has 6 heteroatoms. The van der Waals surface area contributed by atoms with Gasteiger partial charge in [0.25, 0.3) is 0 Å². The highest BCUT2D eigenvalue weighted by molar-refractivity contribution is 5.81. The Hall–Kier alpha value is -1.85. The van der Waals surface area contributed by atoms with E-state index >= 15 is 0 Å². The maximum absolute atomic E-state index is 11.7. The molecule has 0 fully saturated rings. The maximum atomic E-state index is 11.7. The lowest BCUT2D eigenvalue weighted by Crippen LogP contribution is -2.37. The van der Waals surface area contributed by atoms with Crippen LogP contribution in [0.15, 0.2) is 0 Å². The van der Waals surface area contributed by atoms with Crippen LogP contribution in [0, 0.1) is 6.92 Å². The summed E-state index contributed by atoms with van der Waals surface area (Å²) in [6.07, 6.45) is 0. The molecule has 0 unspecified atom stereocenters. The van der Waals surface area contributed by atoms with Crippen molar-refractivity contribution >= 4 is 17.5 Å². The summed E-state index contributed by atoms with van der Waals surface area (Å²) in [5.41, 5.74) is 0.803. The van der Waals surface area contributed by atoms with Crippen molar-refractivity contribution in [3.63, 3.8) is 0 Å². The number of likely N-dealkylation sites (N-methyl/N-ethyl adjacent to an activating group) is 2. The van der Waals surface area contributed by atoms with Gasteiger partial charge in [0.05, 0.1) is 6.54 Å². The molecule has 1 aromatic heterocycles. The average Bonchev–Trinajstić information content (AvgIpc) is 2.43. The highest BCUT2D eigenvalue weighted by Gasteiger charge is 2.23. The van der Waals surface area contributed by atoms with Crippen molar-refractivity contribution in [1.82, 2.24) is 15.3 Å². The molecule has 6 nitrogen and oxygen atoms in total. The first-order valence-electron chi connectivity index (χ1n) is 7.27. The zero-order valence-electron chi connectivity index (χ0n) is 14.2. The van der Waals surface area contributed by atoms with Crippen molar-refractivity contribution < 1.29 is 4.79 Å². The summed E-state index contributed by atoms with van der Waals surface area (Å²) in [5, 5.41) is 5.77. The summed E-state index contributed by atoms with van der Waals surface area (Å²) >= 11 is 0. The second kappa shape index (κ2) is 6.74. The van der Waals surface area contributed by atoms with E-state index < -0.39 is 0 Å². The standard InChI is InChI=1S/C15H27N5O/c1-8-20(9-11(21)16-6)13-10(2)12(17-7)18-14(19-13)15(3,4)5/h8-9H2,1-7H3,(H,16,21)(H,17,18,19). The Morgan fingerprint density at radius 3 is 2.29 bits per heavy atom. The number of nitrogens with zero attached hydrogens (tertiary/aromatic N) is 3. The van der Waals surface area contributed by atoms with E-state index in [9.17, 15) is 4.79 Å². The monoisotopic (exact) mass is 293 g/mol. The highest BCUT2D eigenvalue weighted by atomic mass is 16.1. The van der Waals surface area contributed by atoms with E-state index in [1.54, 1.807) is 7.05 Å². The van der Waals surface area contributed by atoms with Crippen LogP contribution in [0.4, 0.5) is 11.6 Å². The van der Waals surface area contributed by atoms with Crippen LogP contribution in [0.5, 0.6) is 0 Å². The summed E-state index contributed by atoms with van der Waals surface area (Å²) < 4.78 is 0. The first-order valence-corrected chi connectivity index (χ1v) is 7.27. The third-order valence-corrected chi connectivity index (χ3v) is 3.32. The first-order chi connectivity index (χ1) is 9.74. The Morgan fingerprint density at radius 2 is 1.86 bits per heavy atom. The molecule has 118 valence electrons. The van der Waals surface area contributed by atoms with E-state index in [0.717, 1.165) is 23.0 Å². The fourth-order valence-electron chi connectivity index (χ4n) is 1.98. The largest absolute Gasteiger partial charge is 0.373 e. The third-order valence-electron chi connectivity index (χ3n) is 3.32. The van der Waals surface area contributed by atoms with E-state index in [0.29, 0.717) is 6.54 Å². The first kappa shape index (κ1) is 17.2. The number of amides is 1. The van der Waals surface area contributed by atoms with E-state index in [1.807, 2.05) is 25.8 Å². The van der Waals surface area contributed by atoms with Gasteiger partial charge in [0, 0.05) is 31.6 Å². The Balaban J connectivity index is 3.34. The molecule has 0 spiro atoms. The molecule has 21 heavy (non-hydrogen) atoms. The smallest absolute Gasteiger partial charge is 0.239 e. The van der Waals surface area contributed by atoms with Gasteiger partial charge in [-0.1, -0.05) is 20.8 Å². The summed E-state index contributed by atoms with van der Waals surface area (Å²) in [7, 11) is 3.49. The number of carbonyl (C=O) groups is 1. The number of anilines is 2. The van der Waals surface area contributed by atoms with Crippen LogP contribution in [0.2, 0.25) is 0 Å². The molecular formula is C15H27N5O. The number of hydrogen-bond donors (Lipinski definition) is 2. The quantitative estimate of drug-likeness (QED) is 0.864. The topological polar surface area (TPSA) is 70.2 Å². The van der Waals surface area contributed by atoms with Gasteiger partial charge in [-0.05, 0) is 13.8 Å². The van der Waals surface area contributed by atoms with Gasteiger partial charge in [-0.25, -0.2) is 9.97 Å². The predicted molar refractivity (Wildman–Crippen MR) is 87.0 cm³/mol. The second-order valence-electron chi connectivity index (χ2n) is 6.03. The van der Waals surface area contributed by atoms with Crippen LogP contribution in [0.3, 0.4) is 0 Å². The molecule has 0 atom stereocenters. The van der Waals surface area contributed by atoms with Gasteiger partial charge in [0.1, 0.15) is 17.5 Å². The van der Waals surface area contributed by atoms with Crippen LogP contribution in [0.25, 0.3) is 0 Å². The van der Waals surface area contributed by atoms with Crippen molar-refractivity contribution in [2.24, 2.45) is 0 Å². The van der Waals surface area contributed by atoms with Crippen molar-refractivity contribution in [2.45, 2.75) is 40.0 Å². The van der Waals surface area contributed by atoms with Crippen LogP contribution in [-0.4, -0.2) is 43.1 Å². The molecule has 0 bridgehead atoms. The Morgan fingerprint density at radius 1 is 1.24 bits per heavy atom. The van der Waals surface area contributed by atoms with E-state index in [1.165, 1.54) is 0 Å². The lowest BCUT2D eigenvalue weighted by Gasteiger charge is -2.26. The Bertz CT molecular complexity index is 508. The van der Waals surface area contributed by atoms with Crippen molar-refractivity contribution in [3.8, 4) is 0 Å². The second-order valence-corrected chi connectivity index (χ2v) is 6.03. The molecule has 0 aromatic carbocycles. The van der Waals surface area contributed by atoms with Crippen LogP contribution in [-0.2, 0) is 10.2 Å². The summed E-state index contributed by atoms with van der Waals surface area (Å²) in [5.74, 6) is 2.35. The minimum absolute atomic E-state index is 0.0295. The molecule has 0 aliphatic carbocycles. The van der Waals surface area contributed by atoms with Gasteiger partial charge >= 0.3 is 0 Å². The van der Waals surface area contributed by atoms with Gasteiger partial charge in [0.2, 0.25) is 5.91 Å². The van der Waals surface area contributed by atoms with Crippen LogP contribution >= 0.6 is 0 Å². The molecule has 1 aromatic rings. The molecule has 2 N–H and O–H groups in total. The third kappa shape index (κ3) is 4.06. The SMILES string of the molecule is CCN(CC(=O)NC)c1nc(C(C)(C)C)nc(NC)c1C. The van der Waals surface area contributed by atoms with Crippen molar-refractivity contribution in [3.05, 3.63) is 11.4 Å². The average molecular weight is 293 g/mol. The summed E-state index contributed by atoms with van der Waals surface area (Å²) in [6.45, 7) is 11.2. The lowest BCUT2D eigenvalue weighted by atomic mass is 9.95. The molecule has 0 radical (unpaired) electrons. The molecule has 1 heterocycles. The zero-order chi connectivity index (χ0) is 16.2. The zero-order valence-corrected chi connectivity index (χ0v) is 14.2. The molecule has 0 saturated heterocycles. The fourth-order valence-corrected chi connectivity index (χ4v) is 1.98. The number of nitrogens with one attached hydrogen (secondary N) is 2. The molecule has 0 aliphatic heterocycles. The predicted octanol–water partition coefficient (Wildman–Crippen LogP) is 1.70. The molecule has 0 saturated carbocycles. The number of aromatic nitrogens is 2.